The number of carbonyl (C=O) groups is 1. The van der Waals surface area contributed by atoms with Crippen molar-refractivity contribution >= 4 is 60.5 Å². The molecule has 1 saturated heterocycles. The first-order chi connectivity index (χ1) is 19.7. The Bertz CT molecular complexity index is 1960. The number of ether oxygens (including phenoxy) is 1. The molecular formula is C31H24ClN3O4S2. The van der Waals surface area contributed by atoms with Crippen molar-refractivity contribution in [2.75, 3.05) is 25.1 Å². The van der Waals surface area contributed by atoms with Crippen LogP contribution in [0.1, 0.15) is 5.56 Å². The monoisotopic (exact) mass is 601 g/mol. The number of aromatic nitrogens is 1. The zero-order valence-electron chi connectivity index (χ0n) is 22.2. The van der Waals surface area contributed by atoms with Gasteiger partial charge in [0.15, 0.2) is 0 Å². The van der Waals surface area contributed by atoms with Crippen molar-refractivity contribution in [3.63, 3.8) is 0 Å². The van der Waals surface area contributed by atoms with Gasteiger partial charge in [-0.25, -0.2) is 17.2 Å². The maximum absolute atomic E-state index is 14.4. The van der Waals surface area contributed by atoms with Crippen LogP contribution in [-0.2, 0) is 19.6 Å². The lowest BCUT2D eigenvalue weighted by Crippen LogP contribution is -2.50. The maximum Gasteiger partial charge on any atom is 0.312 e. The van der Waals surface area contributed by atoms with Crippen LogP contribution < -0.4 is 4.90 Å². The number of esters is 1. The van der Waals surface area contributed by atoms with Crippen molar-refractivity contribution in [2.45, 2.75) is 11.8 Å². The predicted octanol–water partition coefficient (Wildman–Crippen LogP) is 7.40. The van der Waals surface area contributed by atoms with Crippen LogP contribution in [0.5, 0.6) is 0 Å². The first-order valence-corrected chi connectivity index (χ1v) is 15.5. The van der Waals surface area contributed by atoms with Gasteiger partial charge in [0.2, 0.25) is 5.00 Å². The molecule has 5 aromatic rings. The van der Waals surface area contributed by atoms with E-state index in [-0.39, 0.29) is 16.8 Å². The van der Waals surface area contributed by atoms with E-state index >= 15 is 0 Å². The van der Waals surface area contributed by atoms with Gasteiger partial charge in [0.1, 0.15) is 0 Å². The molecule has 1 aliphatic heterocycles. The summed E-state index contributed by atoms with van der Waals surface area (Å²) in [6.07, 6.45) is 0. The number of aryl methyl sites for hydroxylation is 1. The Balaban J connectivity index is 1.64. The maximum atomic E-state index is 14.4. The van der Waals surface area contributed by atoms with Crippen molar-refractivity contribution < 1.29 is 17.9 Å². The number of benzene rings is 3. The summed E-state index contributed by atoms with van der Waals surface area (Å²) >= 11 is 7.77. The summed E-state index contributed by atoms with van der Waals surface area (Å²) < 4.78 is 35.1. The number of methoxy groups -OCH3 is 1. The number of anilines is 1. The lowest BCUT2D eigenvalue weighted by atomic mass is 9.97. The Kier molecular flexibility index (Phi) is 6.86. The molecule has 0 bridgehead atoms. The lowest BCUT2D eigenvalue weighted by molar-refractivity contribution is -0.146. The van der Waals surface area contributed by atoms with Crippen molar-refractivity contribution in [3.05, 3.63) is 100 Å². The Labute approximate surface area is 247 Å². The van der Waals surface area contributed by atoms with Crippen LogP contribution >= 0.6 is 22.9 Å². The van der Waals surface area contributed by atoms with Crippen molar-refractivity contribution in [2.24, 2.45) is 5.92 Å². The summed E-state index contributed by atoms with van der Waals surface area (Å²) in [7, 11) is -2.70. The Morgan fingerprint density at radius 1 is 1.07 bits per heavy atom. The summed E-state index contributed by atoms with van der Waals surface area (Å²) in [5.41, 5.74) is 4.63. The number of halogens is 1. The van der Waals surface area contributed by atoms with Gasteiger partial charge >= 0.3 is 5.97 Å². The van der Waals surface area contributed by atoms with E-state index in [2.05, 4.69) is 9.74 Å². The topological polar surface area (TPSA) is 73.0 Å². The molecule has 1 aliphatic rings. The molecule has 3 heterocycles. The van der Waals surface area contributed by atoms with Gasteiger partial charge < -0.3 is 9.64 Å². The molecule has 0 saturated carbocycles. The average Bonchev–Trinajstić information content (AvgIpc) is 3.54. The molecule has 0 unspecified atom stereocenters. The number of rotatable bonds is 6. The quantitative estimate of drug-likeness (QED) is 0.150. The molecule has 6 rings (SSSR count). The van der Waals surface area contributed by atoms with Gasteiger partial charge in [0, 0.05) is 45.9 Å². The first-order valence-electron chi connectivity index (χ1n) is 12.8. The number of nitrogens with zero attached hydrogens (tertiary/aromatic N) is 3. The number of fused-ring (bicyclic) bond motifs is 1. The second-order valence-corrected chi connectivity index (χ2v) is 13.0. The van der Waals surface area contributed by atoms with E-state index in [1.165, 1.54) is 22.4 Å². The fourth-order valence-corrected chi connectivity index (χ4v) is 7.67. The SMILES string of the molecule is [C-]#[N+]c1sccc1-c1c(-c2cccc(N3CC(C(=O)OC)C3)c2)n(S(=O)(=O)c2ccc(C)cc2)c2ccc(Cl)cc12. The molecule has 7 nitrogen and oxygen atoms in total. The molecule has 0 aliphatic carbocycles. The summed E-state index contributed by atoms with van der Waals surface area (Å²) in [5, 5.41) is 3.38. The second kappa shape index (κ2) is 10.4. The zero-order valence-corrected chi connectivity index (χ0v) is 24.6. The number of hydrogen-bond donors (Lipinski definition) is 0. The molecule has 0 spiro atoms. The van der Waals surface area contributed by atoms with Crippen LogP contribution in [-0.4, -0.2) is 38.6 Å². The molecule has 2 aromatic heterocycles. The number of carbonyl (C=O) groups excluding carboxylic acids is 1. The highest BCUT2D eigenvalue weighted by atomic mass is 35.5. The van der Waals surface area contributed by atoms with E-state index in [4.69, 9.17) is 22.9 Å². The number of hydrogen-bond acceptors (Lipinski definition) is 6. The molecule has 206 valence electrons. The van der Waals surface area contributed by atoms with E-state index in [0.717, 1.165) is 11.3 Å². The van der Waals surface area contributed by atoms with E-state index in [1.54, 1.807) is 42.5 Å². The van der Waals surface area contributed by atoms with Crippen LogP contribution in [0.4, 0.5) is 10.7 Å². The average molecular weight is 602 g/mol. The zero-order chi connectivity index (χ0) is 28.9. The Hall–Kier alpha value is -4.10. The highest BCUT2D eigenvalue weighted by molar-refractivity contribution is 7.90. The highest BCUT2D eigenvalue weighted by Crippen LogP contribution is 2.48. The van der Waals surface area contributed by atoms with Crippen LogP contribution in [0.15, 0.2) is 83.1 Å². The Morgan fingerprint density at radius 2 is 1.83 bits per heavy atom. The third-order valence-corrected chi connectivity index (χ3v) is 10.1. The fourth-order valence-electron chi connectivity index (χ4n) is 5.27. The summed E-state index contributed by atoms with van der Waals surface area (Å²) in [5.74, 6) is -0.452. The molecule has 1 fully saturated rings. The predicted molar refractivity (Wildman–Crippen MR) is 163 cm³/mol. The third-order valence-electron chi connectivity index (χ3n) is 7.36. The summed E-state index contributed by atoms with van der Waals surface area (Å²) in [4.78, 5) is 17.9. The van der Waals surface area contributed by atoms with Crippen LogP contribution in [0.2, 0.25) is 5.02 Å². The minimum absolute atomic E-state index is 0.151. The van der Waals surface area contributed by atoms with Gasteiger partial charge in [-0.1, -0.05) is 47.5 Å². The third kappa shape index (κ3) is 4.58. The molecule has 0 amide bonds. The van der Waals surface area contributed by atoms with Crippen molar-refractivity contribution in [1.29, 1.82) is 0 Å². The largest absolute Gasteiger partial charge is 0.469 e. The van der Waals surface area contributed by atoms with Gasteiger partial charge in [-0.3, -0.25) is 4.79 Å². The van der Waals surface area contributed by atoms with Crippen molar-refractivity contribution in [3.8, 4) is 22.4 Å². The van der Waals surface area contributed by atoms with E-state index in [9.17, 15) is 13.2 Å². The van der Waals surface area contributed by atoms with Gasteiger partial charge in [0.05, 0.1) is 35.7 Å². The summed E-state index contributed by atoms with van der Waals surface area (Å²) in [6.45, 7) is 10.7. The van der Waals surface area contributed by atoms with Crippen LogP contribution in [0, 0.1) is 19.4 Å². The van der Waals surface area contributed by atoms with E-state index in [1.807, 2.05) is 42.6 Å². The fraction of sp³-hybridized carbons (Fsp3) is 0.161. The van der Waals surface area contributed by atoms with Gasteiger partial charge in [0.25, 0.3) is 10.0 Å². The minimum atomic E-state index is -4.09. The first kappa shape index (κ1) is 27.1. The smallest absolute Gasteiger partial charge is 0.312 e. The molecular weight excluding hydrogens is 578 g/mol. The molecule has 0 N–H and O–H groups in total. The molecule has 41 heavy (non-hydrogen) atoms. The lowest BCUT2D eigenvalue weighted by Gasteiger charge is -2.39. The van der Waals surface area contributed by atoms with E-state index < -0.39 is 10.0 Å². The normalized spacial score (nSPS) is 13.7. The number of thiophene rings is 1. The highest BCUT2D eigenvalue weighted by Gasteiger charge is 2.34. The van der Waals surface area contributed by atoms with Crippen molar-refractivity contribution in [1.82, 2.24) is 3.97 Å². The van der Waals surface area contributed by atoms with Gasteiger partial charge in [-0.2, -0.15) is 11.3 Å². The molecule has 10 heteroatoms. The molecule has 3 aromatic carbocycles. The Morgan fingerprint density at radius 3 is 2.54 bits per heavy atom. The molecule has 0 atom stereocenters. The standard InChI is InChI=1S/C31H24ClN3O4S2/c1-19-7-10-24(11-8-19)41(37,38)35-27-12-9-22(32)16-26(27)28(25-13-14-40-30(25)33-2)29(35)20-5-4-6-23(15-20)34-17-21(18-34)31(36)39-3/h4-16,21H,17-18H2,1,3H3. The molecule has 0 radical (unpaired) electrons. The van der Waals surface area contributed by atoms with E-state index in [0.29, 0.717) is 56.4 Å². The second-order valence-electron chi connectivity index (χ2n) is 9.89. The van der Waals surface area contributed by atoms with Crippen LogP contribution in [0.25, 0.3) is 38.1 Å². The van der Waals surface area contributed by atoms with Gasteiger partial charge in [-0.05, 0) is 54.8 Å². The van der Waals surface area contributed by atoms with Gasteiger partial charge in [-0.15, -0.1) is 0 Å². The summed E-state index contributed by atoms with van der Waals surface area (Å²) in [6, 6.07) is 21.3. The minimum Gasteiger partial charge on any atom is -0.469 e. The van der Waals surface area contributed by atoms with Crippen LogP contribution in [0.3, 0.4) is 0 Å².